The van der Waals surface area contributed by atoms with Crippen molar-refractivity contribution in [2.75, 3.05) is 7.11 Å². The molecule has 3 aromatic carbocycles. The number of ether oxygens (including phenoxy) is 2. The molecule has 3 aromatic rings. The molecule has 130 valence electrons. The van der Waals surface area contributed by atoms with E-state index in [1.807, 2.05) is 66.7 Å². The van der Waals surface area contributed by atoms with Gasteiger partial charge in [0.05, 0.1) is 19.1 Å². The number of carbonyl (C=O) groups excluding carboxylic acids is 1. The van der Waals surface area contributed by atoms with Gasteiger partial charge in [-0.15, -0.1) is 0 Å². The Morgan fingerprint density at radius 2 is 1.88 bits per heavy atom. The maximum Gasteiger partial charge on any atom is 0.221 e. The fourth-order valence-corrected chi connectivity index (χ4v) is 3.48. The summed E-state index contributed by atoms with van der Waals surface area (Å²) in [5.74, 6) is 1.20. The topological polar surface area (TPSA) is 61.5 Å². The minimum absolute atomic E-state index is 0.202. The maximum atomic E-state index is 11.4. The molecule has 0 radical (unpaired) electrons. The van der Waals surface area contributed by atoms with E-state index in [0.29, 0.717) is 0 Å². The summed E-state index contributed by atoms with van der Waals surface area (Å²) < 4.78 is 11.9. The zero-order valence-corrected chi connectivity index (χ0v) is 14.4. The van der Waals surface area contributed by atoms with Crippen LogP contribution in [-0.4, -0.2) is 13.0 Å². The van der Waals surface area contributed by atoms with Crippen LogP contribution < -0.4 is 15.2 Å². The number of carbonyl (C=O) groups is 1. The molecule has 0 aromatic heterocycles. The quantitative estimate of drug-likeness (QED) is 0.781. The highest BCUT2D eigenvalue weighted by Crippen LogP contribution is 2.48. The number of nitrogens with two attached hydrogens (primary N) is 1. The van der Waals surface area contributed by atoms with Crippen LogP contribution in [0.2, 0.25) is 0 Å². The summed E-state index contributed by atoms with van der Waals surface area (Å²) in [7, 11) is 1.65. The summed E-state index contributed by atoms with van der Waals surface area (Å²) in [6, 6.07) is 21.8. The Morgan fingerprint density at radius 3 is 2.62 bits per heavy atom. The van der Waals surface area contributed by atoms with Crippen LogP contribution in [0.25, 0.3) is 11.1 Å². The standard InChI is InChI=1S/C22H19NO3/c1-25-18-8-5-9-19-21(18)16-11-10-14(13-20(23)24)12-17(16)22(26-19)15-6-3-2-4-7-15/h2-12,22H,13H2,1H3,(H2,23,24). The molecule has 0 fully saturated rings. The monoisotopic (exact) mass is 345 g/mol. The molecule has 4 rings (SSSR count). The van der Waals surface area contributed by atoms with Crippen LogP contribution in [0.3, 0.4) is 0 Å². The fraction of sp³-hybridized carbons (Fsp3) is 0.136. The number of methoxy groups -OCH3 is 1. The van der Waals surface area contributed by atoms with Gasteiger partial charge in [-0.2, -0.15) is 0 Å². The molecule has 1 aliphatic heterocycles. The Bertz CT molecular complexity index is 966. The highest BCUT2D eigenvalue weighted by molar-refractivity contribution is 5.83. The van der Waals surface area contributed by atoms with Gasteiger partial charge in [-0.05, 0) is 28.8 Å². The third-order valence-electron chi connectivity index (χ3n) is 4.60. The van der Waals surface area contributed by atoms with Gasteiger partial charge in [-0.25, -0.2) is 0 Å². The third kappa shape index (κ3) is 2.80. The molecular weight excluding hydrogens is 326 g/mol. The first kappa shape index (κ1) is 16.2. The predicted molar refractivity (Wildman–Crippen MR) is 100 cm³/mol. The Morgan fingerprint density at radius 1 is 1.08 bits per heavy atom. The lowest BCUT2D eigenvalue weighted by molar-refractivity contribution is -0.117. The smallest absolute Gasteiger partial charge is 0.221 e. The van der Waals surface area contributed by atoms with E-state index in [0.717, 1.165) is 39.3 Å². The molecule has 2 N–H and O–H groups in total. The van der Waals surface area contributed by atoms with Crippen molar-refractivity contribution in [3.05, 3.63) is 83.4 Å². The normalized spacial score (nSPS) is 14.7. The number of primary amides is 1. The first-order valence-electron chi connectivity index (χ1n) is 8.47. The lowest BCUT2D eigenvalue weighted by Crippen LogP contribution is -2.18. The Hall–Kier alpha value is -3.27. The Balaban J connectivity index is 1.92. The van der Waals surface area contributed by atoms with Crippen LogP contribution in [0.15, 0.2) is 66.7 Å². The molecule has 26 heavy (non-hydrogen) atoms. The van der Waals surface area contributed by atoms with E-state index in [9.17, 15) is 4.79 Å². The highest BCUT2D eigenvalue weighted by Gasteiger charge is 2.29. The van der Waals surface area contributed by atoms with Crippen molar-refractivity contribution in [3.8, 4) is 22.6 Å². The second-order valence-corrected chi connectivity index (χ2v) is 6.31. The van der Waals surface area contributed by atoms with Crippen molar-refractivity contribution < 1.29 is 14.3 Å². The van der Waals surface area contributed by atoms with Gasteiger partial charge in [0, 0.05) is 5.56 Å². The SMILES string of the molecule is COc1cccc2c1-c1ccc(CC(N)=O)cc1C(c1ccccc1)O2. The molecule has 0 saturated carbocycles. The van der Waals surface area contributed by atoms with E-state index in [-0.39, 0.29) is 18.4 Å². The molecule has 0 saturated heterocycles. The first-order valence-corrected chi connectivity index (χ1v) is 8.47. The molecule has 0 bridgehead atoms. The van der Waals surface area contributed by atoms with E-state index < -0.39 is 0 Å². The van der Waals surface area contributed by atoms with Crippen LogP contribution in [0, 0.1) is 0 Å². The van der Waals surface area contributed by atoms with E-state index in [1.165, 1.54) is 0 Å². The summed E-state index contributed by atoms with van der Waals surface area (Å²) in [6.07, 6.45) is -0.0493. The number of hydrogen-bond acceptors (Lipinski definition) is 3. The van der Waals surface area contributed by atoms with Gasteiger partial charge in [0.2, 0.25) is 5.91 Å². The van der Waals surface area contributed by atoms with Crippen molar-refractivity contribution in [1.29, 1.82) is 0 Å². The molecule has 1 atom stereocenters. The Labute approximate surface area is 152 Å². The summed E-state index contributed by atoms with van der Waals surface area (Å²) >= 11 is 0. The minimum atomic E-state index is -0.351. The number of amides is 1. The second-order valence-electron chi connectivity index (χ2n) is 6.31. The molecule has 1 unspecified atom stereocenters. The van der Waals surface area contributed by atoms with Crippen LogP contribution >= 0.6 is 0 Å². The minimum Gasteiger partial charge on any atom is -0.496 e. The van der Waals surface area contributed by atoms with E-state index >= 15 is 0 Å². The zero-order valence-electron chi connectivity index (χ0n) is 14.4. The van der Waals surface area contributed by atoms with Crippen molar-refractivity contribution in [2.24, 2.45) is 5.73 Å². The third-order valence-corrected chi connectivity index (χ3v) is 4.60. The van der Waals surface area contributed by atoms with E-state index in [2.05, 4.69) is 0 Å². The van der Waals surface area contributed by atoms with Crippen molar-refractivity contribution in [2.45, 2.75) is 12.5 Å². The average Bonchev–Trinajstić information content (AvgIpc) is 2.66. The first-order chi connectivity index (χ1) is 12.7. The fourth-order valence-electron chi connectivity index (χ4n) is 3.48. The van der Waals surface area contributed by atoms with Gasteiger partial charge >= 0.3 is 0 Å². The number of fused-ring (bicyclic) bond motifs is 3. The van der Waals surface area contributed by atoms with Gasteiger partial charge in [0.15, 0.2) is 0 Å². The predicted octanol–water partition coefficient (Wildman–Crippen LogP) is 3.87. The van der Waals surface area contributed by atoms with Crippen LogP contribution in [0.1, 0.15) is 22.8 Å². The van der Waals surface area contributed by atoms with Gasteiger partial charge < -0.3 is 15.2 Å². The van der Waals surface area contributed by atoms with Crippen molar-refractivity contribution in [3.63, 3.8) is 0 Å². The molecule has 1 heterocycles. The van der Waals surface area contributed by atoms with Crippen LogP contribution in [-0.2, 0) is 11.2 Å². The summed E-state index contributed by atoms with van der Waals surface area (Å²) in [5, 5.41) is 0. The van der Waals surface area contributed by atoms with Crippen molar-refractivity contribution >= 4 is 5.91 Å². The molecule has 4 heteroatoms. The second kappa shape index (κ2) is 6.56. The number of benzene rings is 3. The van der Waals surface area contributed by atoms with Crippen LogP contribution in [0.5, 0.6) is 11.5 Å². The van der Waals surface area contributed by atoms with E-state index in [1.54, 1.807) is 7.11 Å². The highest BCUT2D eigenvalue weighted by atomic mass is 16.5. The summed E-state index contributed by atoms with van der Waals surface area (Å²) in [5.41, 5.74) is 10.3. The molecule has 0 aliphatic carbocycles. The molecule has 1 aliphatic rings. The largest absolute Gasteiger partial charge is 0.496 e. The summed E-state index contributed by atoms with van der Waals surface area (Å²) in [6.45, 7) is 0. The van der Waals surface area contributed by atoms with Gasteiger partial charge in [0.25, 0.3) is 0 Å². The molecule has 1 amide bonds. The molecular formula is C22H19NO3. The molecule has 4 nitrogen and oxygen atoms in total. The Kier molecular flexibility index (Phi) is 4.09. The number of rotatable bonds is 4. The number of hydrogen-bond donors (Lipinski definition) is 1. The maximum absolute atomic E-state index is 11.4. The lowest BCUT2D eigenvalue weighted by Gasteiger charge is -2.30. The van der Waals surface area contributed by atoms with Gasteiger partial charge in [-0.1, -0.05) is 54.6 Å². The van der Waals surface area contributed by atoms with E-state index in [4.69, 9.17) is 15.2 Å². The van der Waals surface area contributed by atoms with Crippen LogP contribution in [0.4, 0.5) is 0 Å². The van der Waals surface area contributed by atoms with Crippen molar-refractivity contribution in [1.82, 2.24) is 0 Å². The molecule has 0 spiro atoms. The lowest BCUT2D eigenvalue weighted by atomic mass is 9.87. The van der Waals surface area contributed by atoms with Gasteiger partial charge in [0.1, 0.15) is 17.6 Å². The van der Waals surface area contributed by atoms with Gasteiger partial charge in [-0.3, -0.25) is 4.79 Å². The average molecular weight is 345 g/mol. The zero-order chi connectivity index (χ0) is 18.1. The summed E-state index contributed by atoms with van der Waals surface area (Å²) in [4.78, 5) is 11.4.